The van der Waals surface area contributed by atoms with Crippen LogP contribution < -0.4 is 5.32 Å². The zero-order valence-electron chi connectivity index (χ0n) is 18.5. The van der Waals surface area contributed by atoms with Crippen LogP contribution in [0.4, 0.5) is 4.79 Å². The summed E-state index contributed by atoms with van der Waals surface area (Å²) in [4.78, 5) is 28.7. The van der Waals surface area contributed by atoms with E-state index in [-0.39, 0.29) is 18.9 Å². The number of aromatic nitrogens is 1. The zero-order chi connectivity index (χ0) is 23.5. The standard InChI is InChI=1S/C28H24N2O4/c31-27(32)26(14-13-18-15-19-7-1-6-12-25(19)29-16-18)30-28(33)34-17-24-22-10-4-2-8-20(22)21-9-3-5-11-23(21)24/h1-12,15-16,24,26H,13-14,17H2,(H,30,33)(H,31,32)/t26-/m1/s1. The van der Waals surface area contributed by atoms with Gasteiger partial charge in [-0.25, -0.2) is 9.59 Å². The van der Waals surface area contributed by atoms with Crippen LogP contribution in [-0.4, -0.2) is 34.8 Å². The van der Waals surface area contributed by atoms with E-state index in [1.165, 1.54) is 0 Å². The number of aliphatic carboxylic acids is 1. The lowest BCUT2D eigenvalue weighted by Gasteiger charge is -2.17. The van der Waals surface area contributed by atoms with Gasteiger partial charge in [-0.15, -0.1) is 0 Å². The highest BCUT2D eigenvalue weighted by Gasteiger charge is 2.29. The number of nitrogens with zero attached hydrogens (tertiary/aromatic N) is 1. The maximum Gasteiger partial charge on any atom is 0.407 e. The van der Waals surface area contributed by atoms with Gasteiger partial charge in [0.1, 0.15) is 12.6 Å². The number of para-hydroxylation sites is 1. The Kier molecular flexibility index (Phi) is 5.95. The Morgan fingerprint density at radius 2 is 1.59 bits per heavy atom. The number of benzene rings is 3. The molecule has 1 aliphatic carbocycles. The fraction of sp³-hybridized carbons (Fsp3) is 0.179. The highest BCUT2D eigenvalue weighted by atomic mass is 16.5. The van der Waals surface area contributed by atoms with Gasteiger partial charge in [-0.1, -0.05) is 66.7 Å². The number of hydrogen-bond acceptors (Lipinski definition) is 4. The van der Waals surface area contributed by atoms with Gasteiger partial charge in [0, 0.05) is 17.5 Å². The SMILES string of the molecule is O=C(N[C@H](CCc1cnc2ccccc2c1)C(=O)O)OCC1c2ccccc2-c2ccccc21. The van der Waals surface area contributed by atoms with Crippen molar-refractivity contribution in [2.45, 2.75) is 24.8 Å². The van der Waals surface area contributed by atoms with E-state index in [1.807, 2.05) is 66.7 Å². The van der Waals surface area contributed by atoms with E-state index < -0.39 is 18.1 Å². The van der Waals surface area contributed by atoms with E-state index in [9.17, 15) is 14.7 Å². The van der Waals surface area contributed by atoms with Gasteiger partial charge >= 0.3 is 12.1 Å². The minimum absolute atomic E-state index is 0.0786. The molecule has 0 aliphatic heterocycles. The number of fused-ring (bicyclic) bond motifs is 4. The summed E-state index contributed by atoms with van der Waals surface area (Å²) in [5.41, 5.74) is 6.29. The molecule has 0 fully saturated rings. The van der Waals surface area contributed by atoms with Crippen molar-refractivity contribution in [1.29, 1.82) is 0 Å². The van der Waals surface area contributed by atoms with Crippen molar-refractivity contribution >= 4 is 23.0 Å². The molecule has 1 atom stereocenters. The van der Waals surface area contributed by atoms with Gasteiger partial charge in [0.05, 0.1) is 5.52 Å². The molecule has 0 saturated heterocycles. The first-order chi connectivity index (χ1) is 16.6. The predicted molar refractivity (Wildman–Crippen MR) is 130 cm³/mol. The number of ether oxygens (including phenoxy) is 1. The number of pyridine rings is 1. The molecule has 1 aromatic heterocycles. The Hall–Kier alpha value is -4.19. The molecule has 3 aromatic carbocycles. The molecule has 0 saturated carbocycles. The van der Waals surface area contributed by atoms with E-state index in [0.717, 1.165) is 38.7 Å². The van der Waals surface area contributed by atoms with Crippen molar-refractivity contribution in [3.05, 3.63) is 102 Å². The average molecular weight is 453 g/mol. The molecular formula is C28H24N2O4. The third-order valence-corrected chi connectivity index (χ3v) is 6.30. The minimum Gasteiger partial charge on any atom is -0.480 e. The summed E-state index contributed by atoms with van der Waals surface area (Å²) in [6, 6.07) is 24.8. The summed E-state index contributed by atoms with van der Waals surface area (Å²) in [7, 11) is 0. The van der Waals surface area contributed by atoms with Gasteiger partial charge in [0.25, 0.3) is 0 Å². The first-order valence-electron chi connectivity index (χ1n) is 11.3. The van der Waals surface area contributed by atoms with Crippen molar-refractivity contribution in [3.8, 4) is 11.1 Å². The first-order valence-corrected chi connectivity index (χ1v) is 11.3. The summed E-state index contributed by atoms with van der Waals surface area (Å²) in [6.07, 6.45) is 1.72. The second kappa shape index (κ2) is 9.35. The lowest BCUT2D eigenvalue weighted by Crippen LogP contribution is -2.41. The Labute approximate surface area is 197 Å². The molecule has 1 heterocycles. The third kappa shape index (κ3) is 4.35. The number of aryl methyl sites for hydroxylation is 1. The summed E-state index contributed by atoms with van der Waals surface area (Å²) < 4.78 is 5.50. The third-order valence-electron chi connectivity index (χ3n) is 6.30. The number of hydrogen-bond donors (Lipinski definition) is 2. The normalized spacial score (nSPS) is 13.2. The fourth-order valence-electron chi connectivity index (χ4n) is 4.60. The minimum atomic E-state index is -1.10. The van der Waals surface area contributed by atoms with Crippen LogP contribution in [0.5, 0.6) is 0 Å². The molecule has 6 heteroatoms. The zero-order valence-corrected chi connectivity index (χ0v) is 18.5. The molecular weight excluding hydrogens is 428 g/mol. The van der Waals surface area contributed by atoms with Crippen molar-refractivity contribution in [2.24, 2.45) is 0 Å². The fourth-order valence-corrected chi connectivity index (χ4v) is 4.60. The summed E-state index contributed by atoms with van der Waals surface area (Å²) in [5, 5.41) is 13.1. The van der Waals surface area contributed by atoms with Crippen molar-refractivity contribution in [1.82, 2.24) is 10.3 Å². The largest absolute Gasteiger partial charge is 0.480 e. The molecule has 0 spiro atoms. The van der Waals surface area contributed by atoms with Crippen molar-refractivity contribution in [3.63, 3.8) is 0 Å². The van der Waals surface area contributed by atoms with E-state index >= 15 is 0 Å². The van der Waals surface area contributed by atoms with Crippen LogP contribution in [0.1, 0.15) is 29.0 Å². The Bertz CT molecular complexity index is 1320. The molecule has 1 aliphatic rings. The summed E-state index contributed by atoms with van der Waals surface area (Å²) in [6.45, 7) is 0.140. The number of carbonyl (C=O) groups is 2. The van der Waals surface area contributed by atoms with Crippen molar-refractivity contribution in [2.75, 3.05) is 6.61 Å². The molecule has 2 N–H and O–H groups in total. The van der Waals surface area contributed by atoms with Crippen LogP contribution in [0.15, 0.2) is 85.1 Å². The van der Waals surface area contributed by atoms with Gasteiger partial charge in [-0.05, 0) is 52.8 Å². The number of carboxylic acids is 1. The maximum absolute atomic E-state index is 12.5. The molecule has 0 unspecified atom stereocenters. The van der Waals surface area contributed by atoms with Gasteiger partial charge in [-0.2, -0.15) is 0 Å². The second-order valence-electron chi connectivity index (χ2n) is 8.44. The van der Waals surface area contributed by atoms with Crippen LogP contribution in [0.2, 0.25) is 0 Å². The number of amides is 1. The number of nitrogens with one attached hydrogen (secondary N) is 1. The maximum atomic E-state index is 12.5. The van der Waals surface area contributed by atoms with E-state index in [0.29, 0.717) is 6.42 Å². The van der Waals surface area contributed by atoms with Gasteiger partial charge in [-0.3, -0.25) is 4.98 Å². The Morgan fingerprint density at radius 1 is 0.941 bits per heavy atom. The van der Waals surface area contributed by atoms with Crippen LogP contribution in [0.25, 0.3) is 22.0 Å². The molecule has 34 heavy (non-hydrogen) atoms. The summed E-state index contributed by atoms with van der Waals surface area (Å²) in [5.74, 6) is -1.17. The first kappa shape index (κ1) is 21.6. The molecule has 170 valence electrons. The van der Waals surface area contributed by atoms with E-state index in [4.69, 9.17) is 4.74 Å². The topological polar surface area (TPSA) is 88.5 Å². The van der Waals surface area contributed by atoms with Gasteiger partial charge in [0.15, 0.2) is 0 Å². The highest BCUT2D eigenvalue weighted by molar-refractivity contribution is 5.81. The molecule has 1 amide bonds. The van der Waals surface area contributed by atoms with E-state index in [2.05, 4.69) is 22.4 Å². The van der Waals surface area contributed by atoms with Crippen LogP contribution >= 0.6 is 0 Å². The van der Waals surface area contributed by atoms with Crippen LogP contribution in [0.3, 0.4) is 0 Å². The van der Waals surface area contributed by atoms with E-state index in [1.54, 1.807) is 6.20 Å². The monoisotopic (exact) mass is 452 g/mol. The van der Waals surface area contributed by atoms with Crippen LogP contribution in [0, 0.1) is 0 Å². The molecule has 4 aromatic rings. The second-order valence-corrected chi connectivity index (χ2v) is 8.44. The molecule has 5 rings (SSSR count). The lowest BCUT2D eigenvalue weighted by molar-refractivity contribution is -0.139. The molecule has 0 bridgehead atoms. The Balaban J connectivity index is 1.22. The number of carboxylic acid groups (broad SMARTS) is 1. The number of alkyl carbamates (subject to hydrolysis) is 1. The number of rotatable bonds is 7. The highest BCUT2D eigenvalue weighted by Crippen LogP contribution is 2.44. The van der Waals surface area contributed by atoms with Gasteiger partial charge < -0.3 is 15.2 Å². The average Bonchev–Trinajstić information content (AvgIpc) is 3.18. The van der Waals surface area contributed by atoms with Crippen LogP contribution in [-0.2, 0) is 16.0 Å². The quantitative estimate of drug-likeness (QED) is 0.404. The predicted octanol–water partition coefficient (Wildman–Crippen LogP) is 5.16. The Morgan fingerprint density at radius 3 is 2.29 bits per heavy atom. The molecule has 0 radical (unpaired) electrons. The summed E-state index contributed by atoms with van der Waals surface area (Å²) >= 11 is 0. The van der Waals surface area contributed by atoms with Gasteiger partial charge in [0.2, 0.25) is 0 Å². The lowest BCUT2D eigenvalue weighted by atomic mass is 9.98. The van der Waals surface area contributed by atoms with Crippen molar-refractivity contribution < 1.29 is 19.4 Å². The smallest absolute Gasteiger partial charge is 0.407 e. The molecule has 6 nitrogen and oxygen atoms in total. The number of carbonyl (C=O) groups excluding carboxylic acids is 1.